The van der Waals surface area contributed by atoms with Gasteiger partial charge in [-0.15, -0.1) is 40.9 Å². The quantitative estimate of drug-likeness (QED) is 0.0271. The first-order chi connectivity index (χ1) is 36.5. The van der Waals surface area contributed by atoms with Crippen molar-refractivity contribution in [2.24, 2.45) is 20.5 Å². The Morgan fingerprint density at radius 1 is 0.623 bits per heavy atom. The average Bonchev–Trinajstić information content (AvgIpc) is 4.06. The van der Waals surface area contributed by atoms with Crippen LogP contribution in [-0.2, 0) is 42.4 Å². The number of alkyl halides is 6. The highest BCUT2D eigenvalue weighted by Crippen LogP contribution is 2.43. The normalized spacial score (nSPS) is 16.0. The van der Waals surface area contributed by atoms with E-state index in [1.165, 1.54) is 12.1 Å². The molecule has 4 heterocycles. The minimum absolute atomic E-state index is 0.00915. The number of azo groups is 2. The Hall–Kier alpha value is -5.62. The number of nitrogens with one attached hydrogen (secondary N) is 2. The van der Waals surface area contributed by atoms with E-state index in [1.807, 2.05) is 27.7 Å². The van der Waals surface area contributed by atoms with Gasteiger partial charge in [-0.3, -0.25) is 9.44 Å². The smallest absolute Gasteiger partial charge is 0.460 e. The Labute approximate surface area is 452 Å². The summed E-state index contributed by atoms with van der Waals surface area (Å²) >= 11 is 1.63. The number of benzene rings is 2. The summed E-state index contributed by atoms with van der Waals surface area (Å²) in [6.45, 7) is 14.0. The third-order valence-electron chi connectivity index (χ3n) is 12.1. The summed E-state index contributed by atoms with van der Waals surface area (Å²) in [4.78, 5) is 28.5. The highest BCUT2D eigenvalue weighted by atomic mass is 32.2. The second kappa shape index (κ2) is 28.3. The average molecular weight is 1170 g/mol. The number of anilines is 4. The predicted octanol–water partition coefficient (Wildman–Crippen LogP) is 13.0. The number of hydrogen-bond acceptors (Lipinski definition) is 20. The van der Waals surface area contributed by atoms with E-state index in [2.05, 4.69) is 69.2 Å². The van der Waals surface area contributed by atoms with E-state index in [4.69, 9.17) is 9.47 Å². The van der Waals surface area contributed by atoms with Crippen LogP contribution in [0, 0.1) is 0 Å². The van der Waals surface area contributed by atoms with Crippen LogP contribution in [0.15, 0.2) is 44.7 Å². The molecule has 2 aromatic heterocycles. The van der Waals surface area contributed by atoms with Crippen LogP contribution in [-0.4, -0.2) is 105 Å². The van der Waals surface area contributed by atoms with Crippen LogP contribution in [0.25, 0.3) is 0 Å². The van der Waals surface area contributed by atoms with Crippen molar-refractivity contribution < 1.29 is 62.2 Å². The zero-order valence-electron chi connectivity index (χ0n) is 43.5. The maximum atomic E-state index is 13.2. The summed E-state index contributed by atoms with van der Waals surface area (Å²) in [7, 11) is -10.5. The third kappa shape index (κ3) is 18.0. The fourth-order valence-electron chi connectivity index (χ4n) is 8.20. The van der Waals surface area contributed by atoms with Gasteiger partial charge in [0, 0.05) is 36.5 Å². The number of nitrogens with zero attached hydrogens (tertiary/aromatic N) is 10. The van der Waals surface area contributed by atoms with Crippen molar-refractivity contribution in [1.82, 2.24) is 20.4 Å². The van der Waals surface area contributed by atoms with Crippen LogP contribution in [0.3, 0.4) is 0 Å². The number of hydrogen-bond donors (Lipinski definition) is 2. The molecule has 0 saturated heterocycles. The Balaban J connectivity index is 0.000000284. The molecule has 77 heavy (non-hydrogen) atoms. The lowest BCUT2D eigenvalue weighted by molar-refractivity contribution is -0.106. The maximum Gasteiger partial charge on any atom is 0.516 e. The molecule has 0 radical (unpaired) electrons. The van der Waals surface area contributed by atoms with Crippen molar-refractivity contribution in [2.45, 2.75) is 155 Å². The number of halogens is 6. The van der Waals surface area contributed by atoms with E-state index in [1.54, 1.807) is 16.9 Å². The van der Waals surface area contributed by atoms with Crippen molar-refractivity contribution >= 4 is 99.0 Å². The molecule has 20 nitrogen and oxygen atoms in total. The van der Waals surface area contributed by atoms with Gasteiger partial charge in [0.1, 0.15) is 11.4 Å². The topological polar surface area (TPSA) is 252 Å². The lowest BCUT2D eigenvalue weighted by atomic mass is 9.93. The summed E-state index contributed by atoms with van der Waals surface area (Å²) in [5.74, 6) is -3.35. The predicted molar refractivity (Wildman–Crippen MR) is 283 cm³/mol. The first kappa shape index (κ1) is 62.2. The van der Waals surface area contributed by atoms with Gasteiger partial charge < -0.3 is 19.3 Å². The van der Waals surface area contributed by atoms with Gasteiger partial charge in [0.15, 0.2) is 5.75 Å². The van der Waals surface area contributed by atoms with Gasteiger partial charge in [-0.2, -0.15) is 34.8 Å². The summed E-state index contributed by atoms with van der Waals surface area (Å²) in [5.41, 5.74) is -2.92. The molecule has 2 aromatic carbocycles. The van der Waals surface area contributed by atoms with Crippen molar-refractivity contribution in [1.29, 1.82) is 0 Å². The number of ether oxygens (including phenoxy) is 2. The number of fused-ring (bicyclic) bond motifs is 2. The van der Waals surface area contributed by atoms with E-state index in [-0.39, 0.29) is 68.3 Å². The summed E-state index contributed by atoms with van der Waals surface area (Å²) < 4.78 is 141. The lowest BCUT2D eigenvalue weighted by Gasteiger charge is -2.39. The lowest BCUT2D eigenvalue weighted by Crippen LogP contribution is -2.39. The van der Waals surface area contributed by atoms with E-state index in [0.29, 0.717) is 37.9 Å². The molecule has 30 heteroatoms. The molecule has 0 saturated carbocycles. The van der Waals surface area contributed by atoms with Crippen molar-refractivity contribution in [3.05, 3.63) is 45.4 Å². The summed E-state index contributed by atoms with van der Waals surface area (Å²) in [5, 5.41) is 30.9. The van der Waals surface area contributed by atoms with E-state index in [9.17, 15) is 52.8 Å². The molecule has 2 aliphatic rings. The second-order valence-corrected chi connectivity index (χ2v) is 23.3. The Morgan fingerprint density at radius 2 is 1.04 bits per heavy atom. The Kier molecular flexibility index (Phi) is 22.9. The molecule has 0 aliphatic carbocycles. The third-order valence-corrected chi connectivity index (χ3v) is 16.0. The molecule has 426 valence electrons. The van der Waals surface area contributed by atoms with Gasteiger partial charge in [0.25, 0.3) is 10.3 Å². The van der Waals surface area contributed by atoms with Crippen LogP contribution in [0.4, 0.5) is 70.7 Å². The molecule has 0 bridgehead atoms. The van der Waals surface area contributed by atoms with Gasteiger partial charge in [-0.05, 0) is 99.6 Å². The molecule has 4 aromatic rings. The standard InChI is InChI=1S/C24H33F3N6O4S2.C23H31F3N6O4S2/c1-4-7-11-33-17(6-3)10-9-16-13-18(19(14-20(16)33)32-39(35,36)15-24(25,26)27)28-30-23-31-29-21(38-23)22(34)37-12-8-5-2;1-4-7-11-32-16(6-3)10-9-15-13-17(18(14-19(15)32)31-38(34,35)23(24,25)26)27-29-22-30-28-20(37-22)21(33)36-12-8-5-2/h13-14,17,32H,4-12,15H2,1-3H3;13-14,16,31H,4-12H2,1-3H3. The largest absolute Gasteiger partial charge is 0.516 e. The molecule has 2 atom stereocenters. The minimum atomic E-state index is -5.71. The van der Waals surface area contributed by atoms with Gasteiger partial charge in [-0.25, -0.2) is 18.0 Å². The van der Waals surface area contributed by atoms with Crippen LogP contribution >= 0.6 is 22.7 Å². The zero-order valence-corrected chi connectivity index (χ0v) is 46.8. The summed E-state index contributed by atoms with van der Waals surface area (Å²) in [6, 6.07) is 6.51. The molecular formula is C47H64F6N12O8S4. The number of aromatic nitrogens is 4. The Bertz CT molecular complexity index is 2900. The number of carbonyl (C=O) groups is 2. The highest BCUT2D eigenvalue weighted by molar-refractivity contribution is 7.93. The SMILES string of the molecule is CCCCOC(=O)c1nnc(N=Nc2cc3c(cc2NS(=O)(=O)C(F)(F)F)N(CCCC)C(CC)CC3)s1.CCCCOC(=O)c1nnc(N=Nc2cc3c(cc2NS(=O)(=O)CC(F)(F)F)N(CCCC)C(CC)CC3)s1. The summed E-state index contributed by atoms with van der Waals surface area (Å²) in [6.07, 6.45) is 6.64. The van der Waals surface area contributed by atoms with Crippen LogP contribution in [0.1, 0.15) is 149 Å². The van der Waals surface area contributed by atoms with Gasteiger partial charge in [-0.1, -0.05) is 89.9 Å². The number of unbranched alkanes of at least 4 members (excludes halogenated alkanes) is 4. The molecule has 2 aliphatic heterocycles. The molecule has 2 N–H and O–H groups in total. The van der Waals surface area contributed by atoms with Crippen LogP contribution in [0.2, 0.25) is 0 Å². The molecular weight excluding hydrogens is 1100 g/mol. The Morgan fingerprint density at radius 3 is 1.42 bits per heavy atom. The first-order valence-corrected chi connectivity index (χ1v) is 30.1. The maximum absolute atomic E-state index is 13.2. The number of esters is 2. The minimum Gasteiger partial charge on any atom is -0.460 e. The zero-order chi connectivity index (χ0) is 56.6. The number of rotatable bonds is 25. The van der Waals surface area contributed by atoms with E-state index >= 15 is 0 Å². The number of sulfonamides is 2. The second-order valence-electron chi connectivity index (χ2n) is 18.0. The number of carbonyl (C=O) groups excluding carboxylic acids is 2. The monoisotopic (exact) mass is 1170 g/mol. The van der Waals surface area contributed by atoms with Crippen LogP contribution in [0.5, 0.6) is 0 Å². The van der Waals surface area contributed by atoms with Crippen molar-refractivity contribution in [3.8, 4) is 0 Å². The fourth-order valence-corrected chi connectivity index (χ4v) is 10.9. The fraction of sp³-hybridized carbons (Fsp3) is 0.617. The molecule has 0 spiro atoms. The van der Waals surface area contributed by atoms with E-state index < -0.39 is 49.4 Å². The van der Waals surface area contributed by atoms with Crippen LogP contribution < -0.4 is 19.2 Å². The first-order valence-electron chi connectivity index (χ1n) is 25.3. The van der Waals surface area contributed by atoms with Crippen molar-refractivity contribution in [2.75, 3.05) is 51.3 Å². The van der Waals surface area contributed by atoms with Gasteiger partial charge in [0.2, 0.25) is 20.0 Å². The molecule has 0 amide bonds. The van der Waals surface area contributed by atoms with Gasteiger partial charge in [0.05, 0.1) is 24.6 Å². The number of aryl methyl sites for hydroxylation is 2. The molecule has 0 fully saturated rings. The van der Waals surface area contributed by atoms with Crippen molar-refractivity contribution in [3.63, 3.8) is 0 Å². The molecule has 6 rings (SSSR count). The highest BCUT2D eigenvalue weighted by Gasteiger charge is 2.46. The van der Waals surface area contributed by atoms with Gasteiger partial charge >= 0.3 is 33.6 Å². The van der Waals surface area contributed by atoms with E-state index in [0.717, 1.165) is 110 Å². The molecule has 2 unspecified atom stereocenters.